The summed E-state index contributed by atoms with van der Waals surface area (Å²) in [4.78, 5) is 11.7. The van der Waals surface area contributed by atoms with E-state index in [0.29, 0.717) is 16.9 Å². The van der Waals surface area contributed by atoms with Crippen molar-refractivity contribution in [3.05, 3.63) is 71.8 Å². The van der Waals surface area contributed by atoms with Crippen LogP contribution in [0.2, 0.25) is 0 Å². The molecule has 0 saturated carbocycles. The zero-order valence-electron chi connectivity index (χ0n) is 16.4. The minimum Gasteiger partial charge on any atom is -0.497 e. The van der Waals surface area contributed by atoms with E-state index in [1.807, 2.05) is 0 Å². The molecule has 0 unspecified atom stereocenters. The molecule has 0 aromatic heterocycles. The van der Waals surface area contributed by atoms with E-state index in [1.54, 1.807) is 24.3 Å². The van der Waals surface area contributed by atoms with Gasteiger partial charge < -0.3 is 19.7 Å². The van der Waals surface area contributed by atoms with Gasteiger partial charge >= 0.3 is 12.1 Å². The second-order valence-corrected chi connectivity index (χ2v) is 6.58. The molecule has 0 atom stereocenters. The molecule has 0 radical (unpaired) electrons. The summed E-state index contributed by atoms with van der Waals surface area (Å²) in [7, 11) is 1.50. The van der Waals surface area contributed by atoms with Crippen molar-refractivity contribution < 1.29 is 37.7 Å². The molecule has 3 aromatic rings. The average molecular weight is 432 g/mol. The number of rotatable bonds is 7. The highest BCUT2D eigenvalue weighted by Crippen LogP contribution is 2.42. The largest absolute Gasteiger partial charge is 0.497 e. The molecular formula is C23H19F3O5. The summed E-state index contributed by atoms with van der Waals surface area (Å²) in [5.41, 5.74) is 0.263. The van der Waals surface area contributed by atoms with E-state index in [9.17, 15) is 28.2 Å². The summed E-state index contributed by atoms with van der Waals surface area (Å²) in [6.45, 7) is -0.452. The number of halogens is 3. The molecule has 31 heavy (non-hydrogen) atoms. The van der Waals surface area contributed by atoms with Crippen LogP contribution in [0, 0.1) is 0 Å². The highest BCUT2D eigenvalue weighted by Gasteiger charge is 2.31. The third-order valence-electron chi connectivity index (χ3n) is 4.58. The molecule has 0 saturated heterocycles. The summed E-state index contributed by atoms with van der Waals surface area (Å²) in [5.74, 6) is -0.491. The number of carbonyl (C=O) groups is 1. The third kappa shape index (κ3) is 4.97. The lowest BCUT2D eigenvalue weighted by Gasteiger charge is -2.18. The molecule has 8 heteroatoms. The summed E-state index contributed by atoms with van der Waals surface area (Å²) in [6.07, 6.45) is -4.56. The number of aliphatic hydroxyl groups excluding tert-OH is 1. The first-order chi connectivity index (χ1) is 14.7. The van der Waals surface area contributed by atoms with Gasteiger partial charge in [0.15, 0.2) is 0 Å². The number of aliphatic hydroxyl groups is 1. The Labute approximate surface area is 176 Å². The van der Waals surface area contributed by atoms with Crippen LogP contribution < -0.4 is 9.47 Å². The SMILES string of the molecule is COc1ccc(-c2cc(C(=O)O)cc(-c3cccc(C(F)(F)F)c3)c2OCCO)cc1. The number of aromatic carboxylic acids is 1. The molecule has 0 heterocycles. The Kier molecular flexibility index (Phi) is 6.50. The molecule has 0 aliphatic rings. The van der Waals surface area contributed by atoms with Gasteiger partial charge in [0.2, 0.25) is 0 Å². The van der Waals surface area contributed by atoms with E-state index in [2.05, 4.69) is 0 Å². The molecule has 0 bridgehead atoms. The lowest BCUT2D eigenvalue weighted by Crippen LogP contribution is -2.07. The number of hydrogen-bond acceptors (Lipinski definition) is 4. The lowest BCUT2D eigenvalue weighted by molar-refractivity contribution is -0.137. The number of benzene rings is 3. The van der Waals surface area contributed by atoms with Crippen LogP contribution in [0.25, 0.3) is 22.3 Å². The third-order valence-corrected chi connectivity index (χ3v) is 4.58. The second-order valence-electron chi connectivity index (χ2n) is 6.58. The topological polar surface area (TPSA) is 76.0 Å². The first kappa shape index (κ1) is 22.2. The van der Waals surface area contributed by atoms with E-state index in [4.69, 9.17) is 9.47 Å². The van der Waals surface area contributed by atoms with Crippen LogP contribution in [0.3, 0.4) is 0 Å². The molecule has 162 valence electrons. The minimum absolute atomic E-state index is 0.116. The van der Waals surface area contributed by atoms with Crippen molar-refractivity contribution in [1.29, 1.82) is 0 Å². The average Bonchev–Trinajstić information content (AvgIpc) is 2.76. The normalized spacial score (nSPS) is 11.3. The van der Waals surface area contributed by atoms with Gasteiger partial charge in [-0.05, 0) is 47.5 Å². The van der Waals surface area contributed by atoms with Crippen molar-refractivity contribution in [2.45, 2.75) is 6.18 Å². The van der Waals surface area contributed by atoms with E-state index >= 15 is 0 Å². The Morgan fingerprint density at radius 3 is 2.16 bits per heavy atom. The van der Waals surface area contributed by atoms with Gasteiger partial charge in [-0.3, -0.25) is 0 Å². The van der Waals surface area contributed by atoms with E-state index in [-0.39, 0.29) is 35.7 Å². The quantitative estimate of drug-likeness (QED) is 0.542. The molecule has 3 aromatic carbocycles. The second kappa shape index (κ2) is 9.09. The maximum absolute atomic E-state index is 13.2. The monoisotopic (exact) mass is 432 g/mol. The predicted molar refractivity (Wildman–Crippen MR) is 108 cm³/mol. The Morgan fingerprint density at radius 2 is 1.61 bits per heavy atom. The molecule has 0 aliphatic heterocycles. The lowest BCUT2D eigenvalue weighted by atomic mass is 9.93. The smallest absolute Gasteiger partial charge is 0.416 e. The van der Waals surface area contributed by atoms with Gasteiger partial charge in [-0.25, -0.2) is 4.79 Å². The van der Waals surface area contributed by atoms with Gasteiger partial charge in [0.05, 0.1) is 24.8 Å². The number of carboxylic acids is 1. The highest BCUT2D eigenvalue weighted by molar-refractivity contribution is 5.95. The summed E-state index contributed by atoms with van der Waals surface area (Å²) in [5, 5.41) is 18.8. The molecule has 0 spiro atoms. The zero-order valence-corrected chi connectivity index (χ0v) is 16.4. The van der Waals surface area contributed by atoms with Crippen LogP contribution in [-0.4, -0.2) is 36.5 Å². The van der Waals surface area contributed by atoms with Crippen molar-refractivity contribution in [1.82, 2.24) is 0 Å². The van der Waals surface area contributed by atoms with Gasteiger partial charge in [-0.15, -0.1) is 0 Å². The van der Waals surface area contributed by atoms with Crippen LogP contribution in [0.15, 0.2) is 60.7 Å². The van der Waals surface area contributed by atoms with Crippen molar-refractivity contribution in [2.24, 2.45) is 0 Å². The molecule has 3 rings (SSSR count). The molecule has 0 amide bonds. The van der Waals surface area contributed by atoms with Gasteiger partial charge in [0.1, 0.15) is 18.1 Å². The van der Waals surface area contributed by atoms with Crippen molar-refractivity contribution >= 4 is 5.97 Å². The zero-order chi connectivity index (χ0) is 22.6. The van der Waals surface area contributed by atoms with Crippen LogP contribution in [0.1, 0.15) is 15.9 Å². The fourth-order valence-corrected chi connectivity index (χ4v) is 3.12. The molecule has 0 aliphatic carbocycles. The fourth-order valence-electron chi connectivity index (χ4n) is 3.12. The minimum atomic E-state index is -4.56. The molecule has 5 nitrogen and oxygen atoms in total. The number of hydrogen-bond donors (Lipinski definition) is 2. The first-order valence-electron chi connectivity index (χ1n) is 9.21. The van der Waals surface area contributed by atoms with Crippen molar-refractivity contribution in [3.8, 4) is 33.8 Å². The summed E-state index contributed by atoms with van der Waals surface area (Å²) in [6, 6.07) is 13.9. The standard InChI is InChI=1S/C23H19F3O5/c1-30-18-7-5-14(6-8-18)19-12-16(22(28)29)13-20(21(19)31-10-9-27)15-3-2-4-17(11-15)23(24,25)26/h2-8,11-13,27H,9-10H2,1H3,(H,28,29). The molecular weight excluding hydrogens is 413 g/mol. The van der Waals surface area contributed by atoms with Gasteiger partial charge in [-0.2, -0.15) is 13.2 Å². The van der Waals surface area contributed by atoms with Crippen LogP contribution in [-0.2, 0) is 6.18 Å². The first-order valence-corrected chi connectivity index (χ1v) is 9.21. The highest BCUT2D eigenvalue weighted by atomic mass is 19.4. The number of alkyl halides is 3. The number of carboxylic acid groups (broad SMARTS) is 1. The summed E-state index contributed by atoms with van der Waals surface area (Å²) >= 11 is 0. The molecule has 0 fully saturated rings. The van der Waals surface area contributed by atoms with Crippen LogP contribution in [0.5, 0.6) is 11.5 Å². The van der Waals surface area contributed by atoms with E-state index in [0.717, 1.165) is 12.1 Å². The van der Waals surface area contributed by atoms with E-state index < -0.39 is 17.7 Å². The fraction of sp³-hybridized carbons (Fsp3) is 0.174. The Bertz CT molecular complexity index is 1080. The number of methoxy groups -OCH3 is 1. The summed E-state index contributed by atoms with van der Waals surface area (Å²) < 4.78 is 50.5. The number of ether oxygens (including phenoxy) is 2. The molecule has 2 N–H and O–H groups in total. The van der Waals surface area contributed by atoms with Crippen LogP contribution in [0.4, 0.5) is 13.2 Å². The Morgan fingerprint density at radius 1 is 0.968 bits per heavy atom. The predicted octanol–water partition coefficient (Wildman–Crippen LogP) is 5.12. The van der Waals surface area contributed by atoms with Crippen molar-refractivity contribution in [3.63, 3.8) is 0 Å². The van der Waals surface area contributed by atoms with Crippen LogP contribution >= 0.6 is 0 Å². The van der Waals surface area contributed by atoms with Gasteiger partial charge in [0, 0.05) is 11.1 Å². The maximum Gasteiger partial charge on any atom is 0.416 e. The van der Waals surface area contributed by atoms with Gasteiger partial charge in [0.25, 0.3) is 0 Å². The maximum atomic E-state index is 13.2. The van der Waals surface area contributed by atoms with E-state index in [1.165, 1.54) is 31.4 Å². The Hall–Kier alpha value is -3.52. The van der Waals surface area contributed by atoms with Crippen molar-refractivity contribution in [2.75, 3.05) is 20.3 Å². The van der Waals surface area contributed by atoms with Gasteiger partial charge in [-0.1, -0.05) is 24.3 Å². The Balaban J connectivity index is 2.28.